The van der Waals surface area contributed by atoms with E-state index in [0.29, 0.717) is 22.7 Å². The smallest absolute Gasteiger partial charge is 0.337 e. The molecule has 6 heteroatoms. The van der Waals surface area contributed by atoms with Crippen molar-refractivity contribution in [2.45, 2.75) is 6.54 Å². The number of anilines is 1. The quantitative estimate of drug-likeness (QED) is 0.611. The number of carboxylic acid groups (broad SMARTS) is 1. The molecule has 0 aliphatic carbocycles. The number of benzene rings is 3. The van der Waals surface area contributed by atoms with Crippen LogP contribution in [0.5, 0.6) is 0 Å². The number of hydrogen-bond donors (Lipinski definition) is 3. The fourth-order valence-corrected chi connectivity index (χ4v) is 2.95. The van der Waals surface area contributed by atoms with E-state index in [1.807, 2.05) is 6.07 Å². The second-order valence-corrected chi connectivity index (χ2v) is 6.33. The molecule has 1 amide bonds. The van der Waals surface area contributed by atoms with Crippen LogP contribution in [-0.2, 0) is 6.54 Å². The van der Waals surface area contributed by atoms with E-state index >= 15 is 0 Å². The molecule has 0 bridgehead atoms. The Morgan fingerprint density at radius 3 is 2.41 bits per heavy atom. The first-order valence-corrected chi connectivity index (χ1v) is 8.60. The Hall–Kier alpha value is -3.15. The van der Waals surface area contributed by atoms with Crippen LogP contribution >= 0.6 is 11.6 Å². The van der Waals surface area contributed by atoms with E-state index in [-0.39, 0.29) is 17.2 Å². The lowest BCUT2D eigenvalue weighted by atomic mass is 9.97. The van der Waals surface area contributed by atoms with E-state index in [2.05, 4.69) is 5.32 Å². The third kappa shape index (κ3) is 4.16. The van der Waals surface area contributed by atoms with Crippen LogP contribution in [0, 0.1) is 0 Å². The van der Waals surface area contributed by atoms with Crippen molar-refractivity contribution in [3.63, 3.8) is 0 Å². The highest BCUT2D eigenvalue weighted by atomic mass is 35.5. The van der Waals surface area contributed by atoms with Crippen LogP contribution in [0.1, 0.15) is 26.3 Å². The number of aromatic carboxylic acids is 1. The summed E-state index contributed by atoms with van der Waals surface area (Å²) < 4.78 is 0. The van der Waals surface area contributed by atoms with Crippen molar-refractivity contribution in [1.82, 2.24) is 0 Å². The largest absolute Gasteiger partial charge is 0.478 e. The maximum Gasteiger partial charge on any atom is 0.337 e. The Labute approximate surface area is 161 Å². The molecule has 3 rings (SSSR count). The standard InChI is InChI=1S/C21H17ClN2O3/c22-16-8-6-15(12-23)18(11-16)14-7-9-17(21(26)27)19(10-14)24-20(25)13-4-2-1-3-5-13/h1-11H,12,23H2,(H,24,25)(H,26,27). The first kappa shape index (κ1) is 18.6. The summed E-state index contributed by atoms with van der Waals surface area (Å²) in [4.78, 5) is 24.0. The highest BCUT2D eigenvalue weighted by molar-refractivity contribution is 6.30. The van der Waals surface area contributed by atoms with Crippen LogP contribution in [0.4, 0.5) is 5.69 Å². The van der Waals surface area contributed by atoms with Crippen LogP contribution in [0.3, 0.4) is 0 Å². The Bertz CT molecular complexity index is 1000. The molecular weight excluding hydrogens is 364 g/mol. The van der Waals surface area contributed by atoms with Gasteiger partial charge in [-0.25, -0.2) is 4.79 Å². The number of amides is 1. The first-order valence-electron chi connectivity index (χ1n) is 8.22. The van der Waals surface area contributed by atoms with Gasteiger partial charge in [0, 0.05) is 17.1 Å². The van der Waals surface area contributed by atoms with Gasteiger partial charge in [-0.2, -0.15) is 0 Å². The third-order valence-corrected chi connectivity index (χ3v) is 4.37. The third-order valence-electron chi connectivity index (χ3n) is 4.14. The molecule has 4 N–H and O–H groups in total. The minimum absolute atomic E-state index is 0.000595. The molecule has 0 saturated carbocycles. The van der Waals surface area contributed by atoms with E-state index in [1.165, 1.54) is 6.07 Å². The lowest BCUT2D eigenvalue weighted by Crippen LogP contribution is -2.15. The van der Waals surface area contributed by atoms with Crippen LogP contribution in [0.25, 0.3) is 11.1 Å². The number of halogens is 1. The van der Waals surface area contributed by atoms with Crippen molar-refractivity contribution < 1.29 is 14.7 Å². The number of hydrogen-bond acceptors (Lipinski definition) is 3. The lowest BCUT2D eigenvalue weighted by molar-refractivity contribution is 0.0698. The predicted octanol–water partition coefficient (Wildman–Crippen LogP) is 4.42. The maximum absolute atomic E-state index is 12.5. The zero-order chi connectivity index (χ0) is 19.4. The van der Waals surface area contributed by atoms with Crippen molar-refractivity contribution in [2.24, 2.45) is 5.73 Å². The SMILES string of the molecule is NCc1ccc(Cl)cc1-c1ccc(C(=O)O)c(NC(=O)c2ccccc2)c1. The van der Waals surface area contributed by atoms with Crippen molar-refractivity contribution in [3.05, 3.63) is 88.4 Å². The molecule has 0 spiro atoms. The molecule has 3 aromatic carbocycles. The molecule has 0 radical (unpaired) electrons. The van der Waals surface area contributed by atoms with Gasteiger partial charge in [-0.05, 0) is 53.1 Å². The molecule has 0 unspecified atom stereocenters. The fourth-order valence-electron chi connectivity index (χ4n) is 2.78. The molecule has 0 fully saturated rings. The van der Waals surface area contributed by atoms with Gasteiger partial charge < -0.3 is 16.2 Å². The van der Waals surface area contributed by atoms with Crippen molar-refractivity contribution in [2.75, 3.05) is 5.32 Å². The molecule has 0 heterocycles. The molecule has 0 aliphatic rings. The van der Waals surface area contributed by atoms with Crippen LogP contribution in [0.15, 0.2) is 66.7 Å². The van der Waals surface area contributed by atoms with Gasteiger partial charge in [0.25, 0.3) is 5.91 Å². The molecule has 0 saturated heterocycles. The monoisotopic (exact) mass is 380 g/mol. The van der Waals surface area contributed by atoms with Gasteiger partial charge in [-0.15, -0.1) is 0 Å². The number of carboxylic acids is 1. The molecule has 136 valence electrons. The van der Waals surface area contributed by atoms with Gasteiger partial charge >= 0.3 is 5.97 Å². The summed E-state index contributed by atoms with van der Waals surface area (Å²) in [6.45, 7) is 0.304. The minimum atomic E-state index is -1.13. The van der Waals surface area contributed by atoms with E-state index in [4.69, 9.17) is 17.3 Å². The number of rotatable bonds is 5. The number of carbonyl (C=O) groups excluding carboxylic acids is 1. The van der Waals surface area contributed by atoms with Gasteiger partial charge in [0.15, 0.2) is 0 Å². The lowest BCUT2D eigenvalue weighted by Gasteiger charge is -2.13. The van der Waals surface area contributed by atoms with Gasteiger partial charge in [0.2, 0.25) is 0 Å². The van der Waals surface area contributed by atoms with E-state index < -0.39 is 5.97 Å². The maximum atomic E-state index is 12.5. The molecule has 3 aromatic rings. The Morgan fingerprint density at radius 1 is 1.00 bits per heavy atom. The van der Waals surface area contributed by atoms with Crippen molar-refractivity contribution in [3.8, 4) is 11.1 Å². The summed E-state index contributed by atoms with van der Waals surface area (Å²) >= 11 is 6.10. The summed E-state index contributed by atoms with van der Waals surface area (Å²) in [5, 5.41) is 12.7. The predicted molar refractivity (Wildman–Crippen MR) is 106 cm³/mol. The molecule has 0 aromatic heterocycles. The van der Waals surface area contributed by atoms with E-state index in [0.717, 1.165) is 11.1 Å². The van der Waals surface area contributed by atoms with Crippen LogP contribution in [-0.4, -0.2) is 17.0 Å². The van der Waals surface area contributed by atoms with Gasteiger partial charge in [0.1, 0.15) is 0 Å². The number of carbonyl (C=O) groups is 2. The molecule has 27 heavy (non-hydrogen) atoms. The zero-order valence-corrected chi connectivity index (χ0v) is 15.0. The summed E-state index contributed by atoms with van der Waals surface area (Å²) in [6.07, 6.45) is 0. The summed E-state index contributed by atoms with van der Waals surface area (Å²) in [7, 11) is 0. The van der Waals surface area contributed by atoms with Gasteiger partial charge in [-0.3, -0.25) is 4.79 Å². The van der Waals surface area contributed by atoms with Crippen molar-refractivity contribution in [1.29, 1.82) is 0 Å². The highest BCUT2D eigenvalue weighted by Gasteiger charge is 2.16. The Balaban J connectivity index is 2.05. The van der Waals surface area contributed by atoms with Crippen molar-refractivity contribution >= 4 is 29.2 Å². The van der Waals surface area contributed by atoms with E-state index in [9.17, 15) is 14.7 Å². The van der Waals surface area contributed by atoms with Gasteiger partial charge in [-0.1, -0.05) is 41.9 Å². The van der Waals surface area contributed by atoms with E-state index in [1.54, 1.807) is 54.6 Å². The average molecular weight is 381 g/mol. The second kappa shape index (κ2) is 8.03. The number of nitrogens with one attached hydrogen (secondary N) is 1. The fraction of sp³-hybridized carbons (Fsp3) is 0.0476. The highest BCUT2D eigenvalue weighted by Crippen LogP contribution is 2.31. The molecular formula is C21H17ClN2O3. The van der Waals surface area contributed by atoms with Gasteiger partial charge in [0.05, 0.1) is 11.3 Å². The second-order valence-electron chi connectivity index (χ2n) is 5.89. The molecule has 5 nitrogen and oxygen atoms in total. The van der Waals surface area contributed by atoms with Crippen LogP contribution in [0.2, 0.25) is 5.02 Å². The summed E-state index contributed by atoms with van der Waals surface area (Å²) in [5.74, 6) is -1.52. The Morgan fingerprint density at radius 2 is 1.74 bits per heavy atom. The average Bonchev–Trinajstić information content (AvgIpc) is 2.68. The topological polar surface area (TPSA) is 92.4 Å². The summed E-state index contributed by atoms with van der Waals surface area (Å²) in [6, 6.07) is 18.7. The first-order chi connectivity index (χ1) is 13.0. The number of nitrogens with two attached hydrogens (primary N) is 1. The molecule has 0 atom stereocenters. The zero-order valence-electron chi connectivity index (χ0n) is 14.3. The van der Waals surface area contributed by atoms with Crippen LogP contribution < -0.4 is 11.1 Å². The normalized spacial score (nSPS) is 10.4. The Kier molecular flexibility index (Phi) is 5.54. The molecule has 0 aliphatic heterocycles. The summed E-state index contributed by atoms with van der Waals surface area (Å²) in [5.41, 5.74) is 8.81. The minimum Gasteiger partial charge on any atom is -0.478 e.